The van der Waals surface area contributed by atoms with Gasteiger partial charge in [0.15, 0.2) is 0 Å². The third-order valence-electron chi connectivity index (χ3n) is 17.7. The van der Waals surface area contributed by atoms with Gasteiger partial charge in [-0.2, -0.15) is 0 Å². The van der Waals surface area contributed by atoms with E-state index in [1.165, 1.54) is 44.1 Å². The van der Waals surface area contributed by atoms with Crippen molar-refractivity contribution >= 4 is 17.8 Å². The minimum Gasteiger partial charge on any atom is -0.481 e. The lowest BCUT2D eigenvalue weighted by atomic mass is 9.32. The minimum absolute atomic E-state index is 0.0446. The standard InChI is InChI=1S/C45H74N2O5/c1-28(2)31-16-21-45(25-36(48)46-29-12-13-30(24-29)47(10)11)23-22-43(8)32(39(31)45)14-15-34-42(7)19-18-35(41(5,6)33(42)17-20-44(34,43)9)52-38(51)27-40(3,4)26-37(49)50/h29-35,39H,1,12-27H2,2-11H3,(H,46,48)(H,49,50)/t29-,30+,31-,32+,33-,34+,35-,39+,42-,43+,44+,45+/m0/s1. The Hall–Kier alpha value is -1.89. The third-order valence-corrected chi connectivity index (χ3v) is 17.7. The lowest BCUT2D eigenvalue weighted by molar-refractivity contribution is -0.250. The Morgan fingerprint density at radius 1 is 0.846 bits per heavy atom. The quantitative estimate of drug-likeness (QED) is 0.172. The van der Waals surface area contributed by atoms with E-state index in [4.69, 9.17) is 4.74 Å². The Balaban J connectivity index is 1.20. The fourth-order valence-corrected chi connectivity index (χ4v) is 15.0. The molecular formula is C45H74N2O5. The van der Waals surface area contributed by atoms with Gasteiger partial charge in [0.1, 0.15) is 6.10 Å². The Labute approximate surface area is 316 Å². The van der Waals surface area contributed by atoms with Crippen LogP contribution in [0.1, 0.15) is 158 Å². The molecule has 2 N–H and O–H groups in total. The molecule has 0 aliphatic heterocycles. The van der Waals surface area contributed by atoms with Crippen LogP contribution in [-0.2, 0) is 19.1 Å². The zero-order valence-electron chi connectivity index (χ0n) is 34.7. The average Bonchev–Trinajstić information content (AvgIpc) is 3.63. The molecule has 1 amide bonds. The number of allylic oxidation sites excluding steroid dienone is 1. The fourth-order valence-electron chi connectivity index (χ4n) is 15.0. The molecule has 6 fully saturated rings. The molecule has 6 aliphatic carbocycles. The number of carboxylic acids is 1. The highest BCUT2D eigenvalue weighted by atomic mass is 16.5. The van der Waals surface area contributed by atoms with Crippen molar-refractivity contribution in [2.75, 3.05) is 14.1 Å². The monoisotopic (exact) mass is 723 g/mol. The number of hydrogen-bond donors (Lipinski definition) is 2. The topological polar surface area (TPSA) is 95.9 Å². The van der Waals surface area contributed by atoms with Crippen LogP contribution in [0.2, 0.25) is 0 Å². The van der Waals surface area contributed by atoms with E-state index >= 15 is 0 Å². The summed E-state index contributed by atoms with van der Waals surface area (Å²) in [5.41, 5.74) is 1.20. The first-order valence-corrected chi connectivity index (χ1v) is 21.1. The normalized spacial score (nSPS) is 43.8. The van der Waals surface area contributed by atoms with Gasteiger partial charge in [-0.1, -0.05) is 60.6 Å². The van der Waals surface area contributed by atoms with Crippen LogP contribution in [0.25, 0.3) is 0 Å². The van der Waals surface area contributed by atoms with Crippen molar-refractivity contribution in [3.8, 4) is 0 Å². The van der Waals surface area contributed by atoms with E-state index in [1.807, 2.05) is 13.8 Å². The zero-order valence-corrected chi connectivity index (χ0v) is 34.7. The third kappa shape index (κ3) is 6.61. The molecule has 0 heterocycles. The van der Waals surface area contributed by atoms with Crippen LogP contribution >= 0.6 is 0 Å². The Kier molecular flexibility index (Phi) is 10.5. The predicted octanol–water partition coefficient (Wildman–Crippen LogP) is 9.44. The van der Waals surface area contributed by atoms with Crippen molar-refractivity contribution < 1.29 is 24.2 Å². The highest BCUT2D eigenvalue weighted by Gasteiger charge is 2.71. The maximum Gasteiger partial charge on any atom is 0.306 e. The molecule has 0 spiro atoms. The summed E-state index contributed by atoms with van der Waals surface area (Å²) < 4.78 is 6.29. The predicted molar refractivity (Wildman–Crippen MR) is 207 cm³/mol. The molecule has 7 nitrogen and oxygen atoms in total. The van der Waals surface area contributed by atoms with Crippen LogP contribution in [0.15, 0.2) is 12.2 Å². The Bertz CT molecular complexity index is 1420. The summed E-state index contributed by atoms with van der Waals surface area (Å²) in [7, 11) is 4.32. The van der Waals surface area contributed by atoms with Crippen molar-refractivity contribution in [3.63, 3.8) is 0 Å². The number of carboxylic acid groups (broad SMARTS) is 1. The summed E-state index contributed by atoms with van der Waals surface area (Å²) in [6.07, 6.45) is 15.4. The van der Waals surface area contributed by atoms with Crippen LogP contribution in [0.4, 0.5) is 0 Å². The van der Waals surface area contributed by atoms with Gasteiger partial charge >= 0.3 is 11.9 Å². The van der Waals surface area contributed by atoms with E-state index in [2.05, 4.69) is 72.4 Å². The van der Waals surface area contributed by atoms with Gasteiger partial charge in [0.2, 0.25) is 5.91 Å². The van der Waals surface area contributed by atoms with E-state index in [1.54, 1.807) is 0 Å². The number of esters is 1. The van der Waals surface area contributed by atoms with Gasteiger partial charge in [-0.05, 0) is 161 Å². The first-order chi connectivity index (χ1) is 24.1. The zero-order chi connectivity index (χ0) is 38.2. The summed E-state index contributed by atoms with van der Waals surface area (Å²) in [6.45, 7) is 23.1. The van der Waals surface area contributed by atoms with Crippen molar-refractivity contribution in [2.24, 2.45) is 62.1 Å². The molecule has 0 bridgehead atoms. The lowest BCUT2D eigenvalue weighted by Gasteiger charge is -2.73. The van der Waals surface area contributed by atoms with Gasteiger partial charge in [-0.15, -0.1) is 0 Å². The number of nitrogens with one attached hydrogen (secondary N) is 1. The summed E-state index contributed by atoms with van der Waals surface area (Å²) >= 11 is 0. The largest absolute Gasteiger partial charge is 0.481 e. The number of carbonyl (C=O) groups excluding carboxylic acids is 2. The lowest BCUT2D eigenvalue weighted by Crippen LogP contribution is -2.67. The van der Waals surface area contributed by atoms with Crippen LogP contribution < -0.4 is 5.32 Å². The first-order valence-electron chi connectivity index (χ1n) is 21.1. The molecule has 6 aliphatic rings. The van der Waals surface area contributed by atoms with E-state index in [9.17, 15) is 19.5 Å². The SMILES string of the molecule is C=C(C)[C@@H]1CC[C@]2(CC(=O)N[C@H]3CC[C@@H](N(C)C)C3)CC[C@]3(C)[C@H](CC[C@@H]4[C@@]5(C)CC[C@H](OC(=O)CC(C)(C)CC(=O)O)C(C)(C)[C@@H]5CC[C@]43C)[C@@H]12. The second-order valence-electron chi connectivity index (χ2n) is 21.7. The van der Waals surface area contributed by atoms with Gasteiger partial charge in [0.25, 0.3) is 0 Å². The number of rotatable bonds is 10. The van der Waals surface area contributed by atoms with Crippen molar-refractivity contribution in [1.82, 2.24) is 10.2 Å². The molecule has 0 unspecified atom stereocenters. The van der Waals surface area contributed by atoms with E-state index in [-0.39, 0.29) is 52.0 Å². The molecule has 12 atom stereocenters. The summed E-state index contributed by atoms with van der Waals surface area (Å²) in [5, 5.41) is 12.9. The van der Waals surface area contributed by atoms with Crippen LogP contribution in [0, 0.1) is 62.1 Å². The molecule has 0 saturated heterocycles. The Morgan fingerprint density at radius 3 is 2.19 bits per heavy atom. The average molecular weight is 723 g/mol. The highest BCUT2D eigenvalue weighted by molar-refractivity contribution is 5.77. The van der Waals surface area contributed by atoms with E-state index in [0.717, 1.165) is 44.9 Å². The number of ether oxygens (including phenoxy) is 1. The molecule has 6 saturated carbocycles. The van der Waals surface area contributed by atoms with E-state index in [0.29, 0.717) is 54.0 Å². The number of aliphatic carboxylic acids is 1. The maximum atomic E-state index is 14.0. The first kappa shape index (κ1) is 39.8. The fraction of sp³-hybridized carbons (Fsp3) is 0.889. The molecule has 0 aromatic heterocycles. The molecule has 0 radical (unpaired) electrons. The van der Waals surface area contributed by atoms with Crippen molar-refractivity contribution in [2.45, 2.75) is 176 Å². The Morgan fingerprint density at radius 2 is 1.56 bits per heavy atom. The number of amides is 1. The molecular weight excluding hydrogens is 649 g/mol. The van der Waals surface area contributed by atoms with Gasteiger partial charge in [-0.25, -0.2) is 0 Å². The van der Waals surface area contributed by atoms with Gasteiger partial charge < -0.3 is 20.1 Å². The minimum atomic E-state index is -0.879. The van der Waals surface area contributed by atoms with Crippen LogP contribution in [0.5, 0.6) is 0 Å². The van der Waals surface area contributed by atoms with Gasteiger partial charge in [0.05, 0.1) is 12.8 Å². The molecule has 0 aromatic rings. The van der Waals surface area contributed by atoms with Crippen molar-refractivity contribution in [1.29, 1.82) is 0 Å². The summed E-state index contributed by atoms with van der Waals surface area (Å²) in [6, 6.07) is 0.871. The van der Waals surface area contributed by atoms with Gasteiger partial charge in [0, 0.05) is 23.9 Å². The van der Waals surface area contributed by atoms with Crippen LogP contribution in [-0.4, -0.2) is 60.1 Å². The van der Waals surface area contributed by atoms with E-state index < -0.39 is 11.4 Å². The number of carbonyl (C=O) groups is 3. The molecule has 0 aromatic carbocycles. The second-order valence-corrected chi connectivity index (χ2v) is 21.7. The maximum absolute atomic E-state index is 14.0. The van der Waals surface area contributed by atoms with Crippen molar-refractivity contribution in [3.05, 3.63) is 12.2 Å². The molecule has 6 rings (SSSR count). The highest BCUT2D eigenvalue weighted by Crippen LogP contribution is 2.78. The van der Waals surface area contributed by atoms with Crippen LogP contribution in [0.3, 0.4) is 0 Å². The number of fused-ring (bicyclic) bond motifs is 7. The number of hydrogen-bond acceptors (Lipinski definition) is 5. The summed E-state index contributed by atoms with van der Waals surface area (Å²) in [4.78, 5) is 40.9. The molecule has 52 heavy (non-hydrogen) atoms. The van der Waals surface area contributed by atoms with Gasteiger partial charge in [-0.3, -0.25) is 14.4 Å². The second kappa shape index (κ2) is 13.7. The molecule has 294 valence electrons. The summed E-state index contributed by atoms with van der Waals surface area (Å²) in [5.74, 6) is 1.84. The molecule has 7 heteroatoms. The number of nitrogens with zero attached hydrogens (tertiary/aromatic N) is 1. The smallest absolute Gasteiger partial charge is 0.306 e.